The molecule has 1 amide bonds. The predicted molar refractivity (Wildman–Crippen MR) is 112 cm³/mol. The lowest BCUT2D eigenvalue weighted by molar-refractivity contribution is -0.115. The summed E-state index contributed by atoms with van der Waals surface area (Å²) in [4.78, 5) is 16.9. The van der Waals surface area contributed by atoms with E-state index in [0.29, 0.717) is 38.7 Å². The van der Waals surface area contributed by atoms with Crippen molar-refractivity contribution in [3.63, 3.8) is 0 Å². The molecule has 0 unspecified atom stereocenters. The van der Waals surface area contributed by atoms with Crippen molar-refractivity contribution in [2.75, 3.05) is 5.32 Å². The normalized spacial score (nSPS) is 11.2. The lowest BCUT2D eigenvalue weighted by Gasteiger charge is -2.09. The molecule has 0 saturated heterocycles. The molecule has 0 spiro atoms. The monoisotopic (exact) mass is 429 g/mol. The molecule has 0 fully saturated rings. The van der Waals surface area contributed by atoms with Crippen LogP contribution in [0.1, 0.15) is 22.5 Å². The maximum Gasteiger partial charge on any atom is 0.231 e. The first-order valence-electron chi connectivity index (χ1n) is 8.85. The highest BCUT2D eigenvalue weighted by Gasteiger charge is 2.18. The molecule has 148 valence electrons. The molecular weight excluding hydrogens is 413 g/mol. The zero-order valence-electron chi connectivity index (χ0n) is 16.0. The first kappa shape index (κ1) is 19.4. The van der Waals surface area contributed by atoms with Crippen molar-refractivity contribution in [1.29, 1.82) is 0 Å². The molecular formula is C20H17Cl2N5O2. The highest BCUT2D eigenvalue weighted by atomic mass is 35.5. The van der Waals surface area contributed by atoms with Crippen molar-refractivity contribution in [1.82, 2.24) is 19.9 Å². The fraction of sp³-hybridized carbons (Fsp3) is 0.200. The van der Waals surface area contributed by atoms with E-state index >= 15 is 0 Å². The Morgan fingerprint density at radius 2 is 1.90 bits per heavy atom. The summed E-state index contributed by atoms with van der Waals surface area (Å²) in [5.74, 6) is 0.561. The van der Waals surface area contributed by atoms with Crippen LogP contribution in [0.4, 0.5) is 5.82 Å². The number of halogens is 2. The number of nitrogens with zero attached hydrogens (tertiary/aromatic N) is 4. The highest BCUT2D eigenvalue weighted by Crippen LogP contribution is 2.26. The Balaban J connectivity index is 1.61. The molecule has 1 N–H and O–H groups in total. The van der Waals surface area contributed by atoms with Crippen LogP contribution in [-0.2, 0) is 11.2 Å². The number of rotatable bonds is 4. The van der Waals surface area contributed by atoms with Crippen LogP contribution in [-0.4, -0.2) is 25.8 Å². The Hall–Kier alpha value is -2.90. The van der Waals surface area contributed by atoms with Crippen molar-refractivity contribution >= 4 is 45.9 Å². The zero-order valence-corrected chi connectivity index (χ0v) is 17.5. The third kappa shape index (κ3) is 3.83. The molecule has 4 rings (SSSR count). The number of hydrogen-bond acceptors (Lipinski definition) is 5. The third-order valence-electron chi connectivity index (χ3n) is 4.58. The largest absolute Gasteiger partial charge is 0.356 e. The van der Waals surface area contributed by atoms with E-state index in [-0.39, 0.29) is 12.3 Å². The van der Waals surface area contributed by atoms with Crippen molar-refractivity contribution < 1.29 is 9.32 Å². The topological polar surface area (TPSA) is 85.8 Å². The minimum atomic E-state index is -0.260. The number of hydrogen-bond donors (Lipinski definition) is 1. The molecule has 3 heterocycles. The molecule has 0 bridgehead atoms. The molecule has 0 aliphatic heterocycles. The number of pyridine rings is 1. The lowest BCUT2D eigenvalue weighted by atomic mass is 10.1. The van der Waals surface area contributed by atoms with E-state index in [1.165, 1.54) is 10.9 Å². The van der Waals surface area contributed by atoms with Gasteiger partial charge < -0.3 is 9.84 Å². The summed E-state index contributed by atoms with van der Waals surface area (Å²) in [6, 6.07) is 7.21. The smallest absolute Gasteiger partial charge is 0.231 e. The van der Waals surface area contributed by atoms with Crippen molar-refractivity contribution in [2.24, 2.45) is 0 Å². The fourth-order valence-electron chi connectivity index (χ4n) is 3.02. The van der Waals surface area contributed by atoms with Gasteiger partial charge in [-0.15, -0.1) is 0 Å². The van der Waals surface area contributed by atoms with Gasteiger partial charge in [-0.25, -0.2) is 4.98 Å². The van der Waals surface area contributed by atoms with Crippen LogP contribution in [0.15, 0.2) is 35.0 Å². The molecule has 0 atom stereocenters. The molecule has 0 saturated carbocycles. The predicted octanol–water partition coefficient (Wildman–Crippen LogP) is 4.82. The maximum atomic E-state index is 12.7. The summed E-state index contributed by atoms with van der Waals surface area (Å²) in [6.45, 7) is 5.82. The molecule has 1 aromatic carbocycles. The second-order valence-electron chi connectivity index (χ2n) is 6.83. The second kappa shape index (κ2) is 7.50. The van der Waals surface area contributed by atoms with Gasteiger partial charge in [-0.2, -0.15) is 9.78 Å². The van der Waals surface area contributed by atoms with Crippen LogP contribution in [0.25, 0.3) is 16.8 Å². The number of aryl methyl sites for hydroxylation is 3. The van der Waals surface area contributed by atoms with E-state index in [2.05, 4.69) is 20.6 Å². The second-order valence-corrected chi connectivity index (χ2v) is 7.67. The minimum Gasteiger partial charge on any atom is -0.356 e. The van der Waals surface area contributed by atoms with E-state index in [4.69, 9.17) is 27.7 Å². The molecule has 7 nitrogen and oxygen atoms in total. The molecule has 3 aromatic heterocycles. The summed E-state index contributed by atoms with van der Waals surface area (Å²) >= 11 is 12.2. The summed E-state index contributed by atoms with van der Waals surface area (Å²) in [5.41, 5.74) is 4.15. The number of anilines is 1. The van der Waals surface area contributed by atoms with Gasteiger partial charge in [-0.3, -0.25) is 4.79 Å². The maximum absolute atomic E-state index is 12.7. The van der Waals surface area contributed by atoms with Gasteiger partial charge in [0.1, 0.15) is 11.5 Å². The average Bonchev–Trinajstić information content (AvgIpc) is 3.19. The van der Waals surface area contributed by atoms with Gasteiger partial charge in [-0.05, 0) is 50.1 Å². The van der Waals surface area contributed by atoms with E-state index in [9.17, 15) is 4.79 Å². The Labute approximate surface area is 176 Å². The highest BCUT2D eigenvalue weighted by molar-refractivity contribution is 6.35. The van der Waals surface area contributed by atoms with Gasteiger partial charge in [-0.1, -0.05) is 28.4 Å². The van der Waals surface area contributed by atoms with Gasteiger partial charge in [0.15, 0.2) is 11.4 Å². The summed E-state index contributed by atoms with van der Waals surface area (Å²) in [6.07, 6.45) is 1.53. The van der Waals surface area contributed by atoms with Crippen LogP contribution in [0.2, 0.25) is 10.0 Å². The summed E-state index contributed by atoms with van der Waals surface area (Å²) in [7, 11) is 0. The standard InChI is InChI=1S/C20H17Cl2N5O2/c1-10-4-14-16(26-29-17(14)5-11(10)2)8-19(28)24-18-6-12(3)25-27(18)20-15(22)7-13(21)9-23-20/h4-7,9H,8H2,1-3H3,(H,24,28). The summed E-state index contributed by atoms with van der Waals surface area (Å²) < 4.78 is 6.85. The Morgan fingerprint density at radius 1 is 1.14 bits per heavy atom. The van der Waals surface area contributed by atoms with Crippen molar-refractivity contribution in [2.45, 2.75) is 27.2 Å². The van der Waals surface area contributed by atoms with Gasteiger partial charge in [0.25, 0.3) is 0 Å². The summed E-state index contributed by atoms with van der Waals surface area (Å²) in [5, 5.41) is 12.8. The Kier molecular flexibility index (Phi) is 5.02. The number of carbonyl (C=O) groups is 1. The number of amides is 1. The SMILES string of the molecule is Cc1cc(NC(=O)Cc2noc3cc(C)c(C)cc23)n(-c2ncc(Cl)cc2Cl)n1. The van der Waals surface area contributed by atoms with Crippen LogP contribution in [0, 0.1) is 20.8 Å². The first-order chi connectivity index (χ1) is 13.8. The van der Waals surface area contributed by atoms with E-state index in [0.717, 1.165) is 16.5 Å². The number of nitrogens with one attached hydrogen (secondary N) is 1. The Morgan fingerprint density at radius 3 is 2.66 bits per heavy atom. The van der Waals surface area contributed by atoms with Crippen LogP contribution >= 0.6 is 23.2 Å². The molecule has 29 heavy (non-hydrogen) atoms. The number of carbonyl (C=O) groups excluding carboxylic acids is 1. The van der Waals surface area contributed by atoms with Crippen molar-refractivity contribution in [3.8, 4) is 5.82 Å². The zero-order chi connectivity index (χ0) is 20.7. The number of fused-ring (bicyclic) bond motifs is 1. The van der Waals surface area contributed by atoms with Crippen LogP contribution in [0.5, 0.6) is 0 Å². The Bertz CT molecular complexity index is 1250. The van der Waals surface area contributed by atoms with E-state index < -0.39 is 0 Å². The van der Waals surface area contributed by atoms with Gasteiger partial charge in [0, 0.05) is 17.6 Å². The first-order valence-corrected chi connectivity index (χ1v) is 9.61. The van der Waals surface area contributed by atoms with Crippen LogP contribution < -0.4 is 5.32 Å². The van der Waals surface area contributed by atoms with Gasteiger partial charge in [0.2, 0.25) is 5.91 Å². The molecule has 0 radical (unpaired) electrons. The van der Waals surface area contributed by atoms with Gasteiger partial charge in [0.05, 0.1) is 22.2 Å². The average molecular weight is 430 g/mol. The van der Waals surface area contributed by atoms with E-state index in [1.807, 2.05) is 32.9 Å². The van der Waals surface area contributed by atoms with Gasteiger partial charge >= 0.3 is 0 Å². The van der Waals surface area contributed by atoms with Crippen LogP contribution in [0.3, 0.4) is 0 Å². The van der Waals surface area contributed by atoms with Crippen molar-refractivity contribution in [3.05, 3.63) is 63.0 Å². The third-order valence-corrected chi connectivity index (χ3v) is 5.06. The molecule has 9 heteroatoms. The lowest BCUT2D eigenvalue weighted by Crippen LogP contribution is -2.18. The molecule has 0 aliphatic carbocycles. The minimum absolute atomic E-state index is 0.0571. The van der Waals surface area contributed by atoms with E-state index in [1.54, 1.807) is 12.1 Å². The number of benzene rings is 1. The number of aromatic nitrogens is 4. The molecule has 4 aromatic rings. The fourth-order valence-corrected chi connectivity index (χ4v) is 3.48. The molecule has 0 aliphatic rings. The quantitative estimate of drug-likeness (QED) is 0.502.